The van der Waals surface area contributed by atoms with Crippen LogP contribution in [0.5, 0.6) is 11.5 Å². The lowest BCUT2D eigenvalue weighted by atomic mass is 9.97. The van der Waals surface area contributed by atoms with Gasteiger partial charge >= 0.3 is 0 Å². The number of piperidine rings is 1. The van der Waals surface area contributed by atoms with Gasteiger partial charge in [0.2, 0.25) is 5.43 Å². The lowest BCUT2D eigenvalue weighted by Crippen LogP contribution is -2.47. The van der Waals surface area contributed by atoms with Crippen LogP contribution in [-0.2, 0) is 11.3 Å². The zero-order valence-electron chi connectivity index (χ0n) is 19.1. The van der Waals surface area contributed by atoms with Gasteiger partial charge in [-0.25, -0.2) is 5.01 Å². The van der Waals surface area contributed by atoms with Gasteiger partial charge < -0.3 is 14.9 Å². The van der Waals surface area contributed by atoms with Crippen molar-refractivity contribution in [3.8, 4) is 22.6 Å². The largest absolute Gasteiger partial charge is 0.457 e. The first-order valence-corrected chi connectivity index (χ1v) is 12.0. The van der Waals surface area contributed by atoms with Gasteiger partial charge in [0.1, 0.15) is 17.2 Å². The molecule has 1 atom stereocenters. The summed E-state index contributed by atoms with van der Waals surface area (Å²) in [5, 5.41) is 2.43. The highest BCUT2D eigenvalue weighted by molar-refractivity contribution is 6.30. The first-order chi connectivity index (χ1) is 17.1. The average molecular weight is 489 g/mol. The Morgan fingerprint density at radius 1 is 0.943 bits per heavy atom. The van der Waals surface area contributed by atoms with Gasteiger partial charge in [0.25, 0.3) is 5.43 Å². The molecule has 0 amide bonds. The minimum Gasteiger partial charge on any atom is -0.457 e. The van der Waals surface area contributed by atoms with E-state index >= 15 is 0 Å². The third-order valence-corrected chi connectivity index (χ3v) is 6.31. The maximum atomic E-state index is 12.6. The zero-order chi connectivity index (χ0) is 24.2. The molecule has 1 heterocycles. The summed E-state index contributed by atoms with van der Waals surface area (Å²) in [7, 11) is 0. The molecule has 1 aliphatic rings. The smallest absolute Gasteiger partial charge is 0.251 e. The van der Waals surface area contributed by atoms with Gasteiger partial charge in [0.15, 0.2) is 0 Å². The second kappa shape index (κ2) is 10.4. The summed E-state index contributed by atoms with van der Waals surface area (Å²) in [5.74, 6) is 1.03. The van der Waals surface area contributed by atoms with Crippen LogP contribution < -0.4 is 21.0 Å². The minimum atomic E-state index is -0.540. The predicted octanol–water partition coefficient (Wildman–Crippen LogP) is 5.40. The molecule has 35 heavy (non-hydrogen) atoms. The van der Waals surface area contributed by atoms with E-state index in [1.54, 1.807) is 18.2 Å². The molecular formula is C28H25ClN2O4. The van der Waals surface area contributed by atoms with Crippen LogP contribution in [0.4, 0.5) is 5.69 Å². The van der Waals surface area contributed by atoms with Crippen molar-refractivity contribution in [1.29, 1.82) is 0 Å². The van der Waals surface area contributed by atoms with E-state index in [0.717, 1.165) is 24.9 Å². The van der Waals surface area contributed by atoms with Gasteiger partial charge in [-0.1, -0.05) is 60.1 Å². The molecule has 1 N–H and O–H groups in total. The Kier molecular flexibility index (Phi) is 6.95. The van der Waals surface area contributed by atoms with E-state index in [2.05, 4.69) is 5.43 Å². The Labute approximate surface area is 208 Å². The molecule has 1 saturated heterocycles. The molecular weight excluding hydrogens is 464 g/mol. The maximum absolute atomic E-state index is 12.6. The van der Waals surface area contributed by atoms with Crippen LogP contribution in [0.15, 0.2) is 88.5 Å². The third-order valence-electron chi connectivity index (χ3n) is 6.07. The van der Waals surface area contributed by atoms with Gasteiger partial charge in [-0.2, -0.15) is 0 Å². The normalized spacial score (nSPS) is 16.3. The Morgan fingerprint density at radius 2 is 1.69 bits per heavy atom. The van der Waals surface area contributed by atoms with Gasteiger partial charge in [0.05, 0.1) is 18.3 Å². The van der Waals surface area contributed by atoms with Crippen molar-refractivity contribution in [3.05, 3.63) is 110 Å². The van der Waals surface area contributed by atoms with Crippen LogP contribution >= 0.6 is 11.6 Å². The second-order valence-electron chi connectivity index (χ2n) is 8.58. The SMILES string of the molecule is O=c1c(NN2CCCC(OCc3ccccc3)C2)c(-c2ccc(Cl)cc2Oc2ccccc2)c1=O. The van der Waals surface area contributed by atoms with E-state index in [-0.39, 0.29) is 11.8 Å². The molecule has 0 aromatic heterocycles. The van der Waals surface area contributed by atoms with Crippen LogP contribution in [0.1, 0.15) is 18.4 Å². The lowest BCUT2D eigenvalue weighted by molar-refractivity contribution is -0.00388. The van der Waals surface area contributed by atoms with E-state index in [1.165, 1.54) is 0 Å². The summed E-state index contributed by atoms with van der Waals surface area (Å²) in [5.41, 5.74) is 4.35. The van der Waals surface area contributed by atoms with Gasteiger partial charge in [-0.15, -0.1) is 0 Å². The molecule has 5 rings (SSSR count). The van der Waals surface area contributed by atoms with E-state index in [9.17, 15) is 9.59 Å². The molecule has 1 unspecified atom stereocenters. The summed E-state index contributed by atoms with van der Waals surface area (Å²) >= 11 is 6.21. The van der Waals surface area contributed by atoms with Crippen molar-refractivity contribution in [2.45, 2.75) is 25.6 Å². The number of hydrogen-bond donors (Lipinski definition) is 1. The van der Waals surface area contributed by atoms with Crippen LogP contribution in [0.25, 0.3) is 11.1 Å². The third kappa shape index (κ3) is 5.30. The van der Waals surface area contributed by atoms with Gasteiger partial charge in [-0.3, -0.25) is 9.59 Å². The molecule has 1 fully saturated rings. The predicted molar refractivity (Wildman–Crippen MR) is 138 cm³/mol. The highest BCUT2D eigenvalue weighted by Crippen LogP contribution is 2.37. The molecule has 0 aliphatic carbocycles. The minimum absolute atomic E-state index is 0.0268. The van der Waals surface area contributed by atoms with Crippen LogP contribution in [0.2, 0.25) is 5.02 Å². The number of hydrogen-bond acceptors (Lipinski definition) is 6. The van der Waals surface area contributed by atoms with Crippen LogP contribution in [-0.4, -0.2) is 24.2 Å². The van der Waals surface area contributed by atoms with E-state index in [4.69, 9.17) is 21.1 Å². The lowest BCUT2D eigenvalue weighted by Gasteiger charge is -2.34. The molecule has 178 valence electrons. The van der Waals surface area contributed by atoms with Crippen molar-refractivity contribution in [3.63, 3.8) is 0 Å². The Balaban J connectivity index is 1.33. The number of anilines is 1. The van der Waals surface area contributed by atoms with Crippen molar-refractivity contribution >= 4 is 17.3 Å². The first-order valence-electron chi connectivity index (χ1n) is 11.6. The standard InChI is InChI=1S/C28H25ClN2O4/c29-20-13-14-23(24(16-20)35-21-10-5-2-6-11-21)25-26(28(33)27(25)32)30-31-15-7-12-22(17-31)34-18-19-8-3-1-4-9-19/h1-6,8-11,13-14,16,22,30H,7,12,15,17-18H2. The summed E-state index contributed by atoms with van der Waals surface area (Å²) in [6.07, 6.45) is 1.88. The molecule has 6 nitrogen and oxygen atoms in total. The molecule has 4 aromatic carbocycles. The molecule has 1 aliphatic heterocycles. The van der Waals surface area contributed by atoms with Gasteiger partial charge in [0, 0.05) is 29.7 Å². The average Bonchev–Trinajstić information content (AvgIpc) is 2.89. The monoisotopic (exact) mass is 488 g/mol. The molecule has 0 saturated carbocycles. The van der Waals surface area contributed by atoms with Crippen LogP contribution in [0.3, 0.4) is 0 Å². The van der Waals surface area contributed by atoms with Crippen molar-refractivity contribution in [1.82, 2.24) is 5.01 Å². The van der Waals surface area contributed by atoms with Crippen LogP contribution in [0, 0.1) is 0 Å². The Bertz CT molecular complexity index is 1370. The highest BCUT2D eigenvalue weighted by atomic mass is 35.5. The van der Waals surface area contributed by atoms with E-state index in [0.29, 0.717) is 40.8 Å². The summed E-state index contributed by atoms with van der Waals surface area (Å²) in [4.78, 5) is 25.2. The van der Waals surface area contributed by atoms with E-state index < -0.39 is 10.9 Å². The van der Waals surface area contributed by atoms with Crippen molar-refractivity contribution < 1.29 is 9.47 Å². The Hall–Kier alpha value is -3.45. The number of para-hydroxylation sites is 1. The first kappa shape index (κ1) is 23.3. The fraction of sp³-hybridized carbons (Fsp3) is 0.214. The van der Waals surface area contributed by atoms with Crippen molar-refractivity contribution in [2.75, 3.05) is 18.5 Å². The molecule has 0 bridgehead atoms. The summed E-state index contributed by atoms with van der Waals surface area (Å²) < 4.78 is 12.1. The molecule has 0 radical (unpaired) electrons. The fourth-order valence-electron chi connectivity index (χ4n) is 4.28. The zero-order valence-corrected chi connectivity index (χ0v) is 19.8. The quantitative estimate of drug-likeness (QED) is 0.335. The van der Waals surface area contributed by atoms with E-state index in [1.807, 2.05) is 65.7 Å². The number of rotatable bonds is 8. The van der Waals surface area contributed by atoms with Crippen molar-refractivity contribution in [2.24, 2.45) is 0 Å². The maximum Gasteiger partial charge on any atom is 0.251 e. The number of benzene rings is 3. The number of nitrogens with zero attached hydrogens (tertiary/aromatic N) is 1. The number of nitrogens with one attached hydrogen (secondary N) is 1. The van der Waals surface area contributed by atoms with Gasteiger partial charge in [-0.05, 0) is 42.7 Å². The topological polar surface area (TPSA) is 67.9 Å². The molecule has 7 heteroatoms. The number of ether oxygens (including phenoxy) is 2. The number of hydrazine groups is 1. The number of halogens is 1. The second-order valence-corrected chi connectivity index (χ2v) is 9.02. The summed E-state index contributed by atoms with van der Waals surface area (Å²) in [6.45, 7) is 1.90. The summed E-state index contributed by atoms with van der Waals surface area (Å²) in [6, 6.07) is 24.3. The molecule has 0 spiro atoms. The Morgan fingerprint density at radius 3 is 2.46 bits per heavy atom. The fourth-order valence-corrected chi connectivity index (χ4v) is 4.44. The highest BCUT2D eigenvalue weighted by Gasteiger charge is 2.28. The molecule has 4 aromatic rings.